The van der Waals surface area contributed by atoms with Gasteiger partial charge in [-0.15, -0.1) is 0 Å². The number of hydrogen-bond donors (Lipinski definition) is 1. The van der Waals surface area contributed by atoms with Gasteiger partial charge < -0.3 is 10.6 Å². The van der Waals surface area contributed by atoms with Crippen molar-refractivity contribution >= 4 is 5.91 Å². The van der Waals surface area contributed by atoms with Gasteiger partial charge in [0, 0.05) is 18.6 Å². The lowest BCUT2D eigenvalue weighted by Gasteiger charge is -2.23. The average molecular weight is 244 g/mol. The molecular weight excluding hydrogens is 224 g/mol. The van der Waals surface area contributed by atoms with Crippen molar-refractivity contribution in [3.8, 4) is 0 Å². The zero-order chi connectivity index (χ0) is 12.8. The van der Waals surface area contributed by atoms with E-state index in [9.17, 15) is 4.79 Å². The Morgan fingerprint density at radius 3 is 2.50 bits per heavy atom. The number of hydrogen-bond acceptors (Lipinski definition) is 2. The topological polar surface area (TPSA) is 46.3 Å². The molecule has 96 valence electrons. The van der Waals surface area contributed by atoms with Crippen LogP contribution in [-0.2, 0) is 11.2 Å². The summed E-state index contributed by atoms with van der Waals surface area (Å²) in [6.07, 6.45) is 2.86. The van der Waals surface area contributed by atoms with Crippen molar-refractivity contribution in [3.63, 3.8) is 0 Å². The molecule has 0 radical (unpaired) electrons. The lowest BCUT2D eigenvalue weighted by atomic mass is 9.87. The number of nitrogens with zero attached hydrogens (tertiary/aromatic N) is 1. The van der Waals surface area contributed by atoms with Gasteiger partial charge in [-0.2, -0.15) is 0 Å². The number of carbonyl (C=O) groups is 1. The Kier molecular flexibility index (Phi) is 2.49. The van der Waals surface area contributed by atoms with Crippen LogP contribution in [-0.4, -0.2) is 29.4 Å². The second-order valence-electron chi connectivity index (χ2n) is 5.96. The third-order valence-corrected chi connectivity index (χ3v) is 4.57. The molecule has 2 fully saturated rings. The summed E-state index contributed by atoms with van der Waals surface area (Å²) >= 11 is 0. The van der Waals surface area contributed by atoms with Crippen molar-refractivity contribution < 1.29 is 4.79 Å². The summed E-state index contributed by atoms with van der Waals surface area (Å²) in [5.74, 6) is 0.281. The molecule has 2 N–H and O–H groups in total. The molecule has 0 aromatic heterocycles. The molecule has 1 aliphatic carbocycles. The number of benzene rings is 1. The molecular formula is C15H20N2O. The summed E-state index contributed by atoms with van der Waals surface area (Å²) in [6.45, 7) is 3.52. The summed E-state index contributed by atoms with van der Waals surface area (Å²) in [4.78, 5) is 14.3. The quantitative estimate of drug-likeness (QED) is 0.877. The largest absolute Gasteiger partial charge is 0.340 e. The van der Waals surface area contributed by atoms with Gasteiger partial charge in [-0.25, -0.2) is 0 Å². The molecule has 1 saturated heterocycles. The maximum Gasteiger partial charge on any atom is 0.230 e. The summed E-state index contributed by atoms with van der Waals surface area (Å²) in [6, 6.07) is 10.3. The summed E-state index contributed by atoms with van der Waals surface area (Å²) in [5.41, 5.74) is 7.03. The molecule has 3 heteroatoms. The molecule has 0 bridgehead atoms. The first-order valence-corrected chi connectivity index (χ1v) is 6.67. The average Bonchev–Trinajstić information content (AvgIpc) is 3.13. The molecule has 1 atom stereocenters. The number of rotatable bonds is 3. The van der Waals surface area contributed by atoms with Crippen LogP contribution in [0.15, 0.2) is 30.3 Å². The number of amides is 1. The van der Waals surface area contributed by atoms with Crippen molar-refractivity contribution in [1.82, 2.24) is 4.90 Å². The summed E-state index contributed by atoms with van der Waals surface area (Å²) in [7, 11) is 0. The van der Waals surface area contributed by atoms with Crippen molar-refractivity contribution in [2.75, 3.05) is 13.1 Å². The number of nitrogens with two attached hydrogens (primary N) is 1. The van der Waals surface area contributed by atoms with Crippen LogP contribution in [0.2, 0.25) is 0 Å². The predicted octanol–water partition coefficient (Wildman–Crippen LogP) is 1.57. The van der Waals surface area contributed by atoms with Gasteiger partial charge in [0.2, 0.25) is 5.91 Å². The molecule has 1 aliphatic heterocycles. The molecule has 3 nitrogen and oxygen atoms in total. The fourth-order valence-corrected chi connectivity index (χ4v) is 3.17. The minimum Gasteiger partial charge on any atom is -0.340 e. The predicted molar refractivity (Wildman–Crippen MR) is 71.0 cm³/mol. The SMILES string of the molecule is C[C@@]1(N)CN(CCc2ccccc2)C(=O)C12CC2. The first kappa shape index (κ1) is 11.7. The van der Waals surface area contributed by atoms with E-state index in [-0.39, 0.29) is 16.9 Å². The van der Waals surface area contributed by atoms with E-state index in [1.165, 1.54) is 5.56 Å². The normalized spacial score (nSPS) is 29.0. The van der Waals surface area contributed by atoms with Crippen LogP contribution in [0.4, 0.5) is 0 Å². The first-order valence-electron chi connectivity index (χ1n) is 6.67. The zero-order valence-corrected chi connectivity index (χ0v) is 10.9. The van der Waals surface area contributed by atoms with E-state index in [4.69, 9.17) is 5.73 Å². The van der Waals surface area contributed by atoms with E-state index in [1.807, 2.05) is 30.0 Å². The fourth-order valence-electron chi connectivity index (χ4n) is 3.17. The fraction of sp³-hybridized carbons (Fsp3) is 0.533. The monoisotopic (exact) mass is 244 g/mol. The van der Waals surface area contributed by atoms with Crippen molar-refractivity contribution in [3.05, 3.63) is 35.9 Å². The van der Waals surface area contributed by atoms with E-state index in [1.54, 1.807) is 0 Å². The standard InChI is InChI=1S/C15H20N2O/c1-14(16)11-17(13(18)15(14)8-9-15)10-7-12-5-3-2-4-6-12/h2-6H,7-11,16H2,1H3/t14-/m1/s1. The molecule has 0 unspecified atom stereocenters. The van der Waals surface area contributed by atoms with Gasteiger partial charge >= 0.3 is 0 Å². The number of likely N-dealkylation sites (tertiary alicyclic amines) is 1. The van der Waals surface area contributed by atoms with E-state index in [2.05, 4.69) is 12.1 Å². The summed E-state index contributed by atoms with van der Waals surface area (Å²) in [5, 5.41) is 0. The van der Waals surface area contributed by atoms with Gasteiger partial charge in [-0.1, -0.05) is 30.3 Å². The molecule has 2 aliphatic rings. The Hall–Kier alpha value is -1.35. The Morgan fingerprint density at radius 1 is 1.28 bits per heavy atom. The zero-order valence-electron chi connectivity index (χ0n) is 10.9. The van der Waals surface area contributed by atoms with Gasteiger partial charge in [0.15, 0.2) is 0 Å². The van der Waals surface area contributed by atoms with Crippen LogP contribution in [0, 0.1) is 5.41 Å². The highest BCUT2D eigenvalue weighted by molar-refractivity contribution is 5.89. The van der Waals surface area contributed by atoms with Gasteiger partial charge in [0.25, 0.3) is 0 Å². The molecule has 1 saturated carbocycles. The van der Waals surface area contributed by atoms with E-state index in [0.717, 1.165) is 25.8 Å². The van der Waals surface area contributed by atoms with Crippen LogP contribution in [0.1, 0.15) is 25.3 Å². The van der Waals surface area contributed by atoms with Gasteiger partial charge in [-0.3, -0.25) is 4.79 Å². The third-order valence-electron chi connectivity index (χ3n) is 4.57. The van der Waals surface area contributed by atoms with Crippen molar-refractivity contribution in [2.24, 2.45) is 11.1 Å². The molecule has 3 rings (SSSR count). The minimum atomic E-state index is -0.333. The Bertz CT molecular complexity index is 463. The van der Waals surface area contributed by atoms with Gasteiger partial charge in [0.05, 0.1) is 5.41 Å². The lowest BCUT2D eigenvalue weighted by molar-refractivity contribution is -0.132. The Balaban J connectivity index is 1.67. The maximum atomic E-state index is 12.4. The third kappa shape index (κ3) is 1.65. The molecule has 18 heavy (non-hydrogen) atoms. The van der Waals surface area contributed by atoms with Crippen LogP contribution in [0.5, 0.6) is 0 Å². The minimum absolute atomic E-state index is 0.219. The van der Waals surface area contributed by atoms with E-state index in [0.29, 0.717) is 6.54 Å². The van der Waals surface area contributed by atoms with Gasteiger partial charge in [0.1, 0.15) is 0 Å². The highest BCUT2D eigenvalue weighted by atomic mass is 16.2. The highest BCUT2D eigenvalue weighted by Crippen LogP contribution is 2.57. The van der Waals surface area contributed by atoms with Crippen LogP contribution in [0.25, 0.3) is 0 Å². The van der Waals surface area contributed by atoms with Crippen LogP contribution < -0.4 is 5.73 Å². The van der Waals surface area contributed by atoms with Crippen molar-refractivity contribution in [2.45, 2.75) is 31.7 Å². The second-order valence-corrected chi connectivity index (χ2v) is 5.96. The summed E-state index contributed by atoms with van der Waals surface area (Å²) < 4.78 is 0. The van der Waals surface area contributed by atoms with Crippen LogP contribution in [0.3, 0.4) is 0 Å². The smallest absolute Gasteiger partial charge is 0.230 e. The molecule has 1 heterocycles. The number of carbonyl (C=O) groups excluding carboxylic acids is 1. The van der Waals surface area contributed by atoms with Crippen LogP contribution >= 0.6 is 0 Å². The maximum absolute atomic E-state index is 12.4. The second kappa shape index (κ2) is 3.82. The Labute approximate surface area is 108 Å². The lowest BCUT2D eigenvalue weighted by Crippen LogP contribution is -2.46. The van der Waals surface area contributed by atoms with E-state index < -0.39 is 0 Å². The molecule has 1 spiro atoms. The molecule has 1 amide bonds. The highest BCUT2D eigenvalue weighted by Gasteiger charge is 2.66. The Morgan fingerprint density at radius 2 is 1.94 bits per heavy atom. The molecule has 1 aromatic carbocycles. The van der Waals surface area contributed by atoms with Crippen molar-refractivity contribution in [1.29, 1.82) is 0 Å². The van der Waals surface area contributed by atoms with Gasteiger partial charge in [-0.05, 0) is 31.7 Å². The first-order chi connectivity index (χ1) is 8.55. The molecule has 1 aromatic rings. The van der Waals surface area contributed by atoms with E-state index >= 15 is 0 Å².